The van der Waals surface area contributed by atoms with Crippen LogP contribution in [0.15, 0.2) is 47.1 Å². The summed E-state index contributed by atoms with van der Waals surface area (Å²) in [6, 6.07) is 9.16. The van der Waals surface area contributed by atoms with Crippen molar-refractivity contribution >= 4 is 17.5 Å². The molecule has 6 nitrogen and oxygen atoms in total. The number of piperidine rings is 1. The van der Waals surface area contributed by atoms with Gasteiger partial charge in [-0.05, 0) is 49.9 Å². The summed E-state index contributed by atoms with van der Waals surface area (Å²) < 4.78 is 6.03. The molecule has 0 N–H and O–H groups in total. The van der Waals surface area contributed by atoms with Gasteiger partial charge in [0.25, 0.3) is 5.91 Å². The molecule has 28 heavy (non-hydrogen) atoms. The molecule has 1 amide bonds. The van der Waals surface area contributed by atoms with Crippen LogP contribution in [0.4, 0.5) is 0 Å². The standard InChI is InChI=1S/C21H21ClN4O2/c1-14-23-9-8-18(25-14)21(27)26-10-3-2-7-19(26)20-24-13-17(28-20)12-15-5-4-6-16(22)11-15/h4-6,8-9,11,13,19H,2-3,7,10,12H2,1H3. The minimum Gasteiger partial charge on any atom is -0.443 e. The normalized spacial score (nSPS) is 16.9. The molecule has 1 aliphatic rings. The first kappa shape index (κ1) is 18.6. The summed E-state index contributed by atoms with van der Waals surface area (Å²) in [5.41, 5.74) is 1.47. The van der Waals surface area contributed by atoms with Crippen molar-refractivity contribution in [1.29, 1.82) is 0 Å². The van der Waals surface area contributed by atoms with Crippen LogP contribution in [0.3, 0.4) is 0 Å². The lowest BCUT2D eigenvalue weighted by Gasteiger charge is -2.33. The molecule has 1 aliphatic heterocycles. The first-order valence-electron chi connectivity index (χ1n) is 9.40. The second-order valence-electron chi connectivity index (χ2n) is 6.97. The maximum absolute atomic E-state index is 13.0. The van der Waals surface area contributed by atoms with E-state index in [9.17, 15) is 4.79 Å². The van der Waals surface area contributed by atoms with Crippen LogP contribution >= 0.6 is 11.6 Å². The predicted octanol–water partition coefficient (Wildman–Crippen LogP) is 4.38. The summed E-state index contributed by atoms with van der Waals surface area (Å²) in [7, 11) is 0. The summed E-state index contributed by atoms with van der Waals surface area (Å²) in [5, 5.41) is 0.696. The highest BCUT2D eigenvalue weighted by Crippen LogP contribution is 2.32. The van der Waals surface area contributed by atoms with Crippen LogP contribution in [0, 0.1) is 6.92 Å². The van der Waals surface area contributed by atoms with Crippen molar-refractivity contribution < 1.29 is 9.21 Å². The van der Waals surface area contributed by atoms with Crippen LogP contribution in [0.2, 0.25) is 5.02 Å². The van der Waals surface area contributed by atoms with Crippen LogP contribution in [0.25, 0.3) is 0 Å². The number of rotatable bonds is 4. The van der Waals surface area contributed by atoms with Crippen LogP contribution < -0.4 is 0 Å². The zero-order valence-corrected chi connectivity index (χ0v) is 16.4. The van der Waals surface area contributed by atoms with Gasteiger partial charge in [0.05, 0.1) is 6.20 Å². The molecule has 0 bridgehead atoms. The van der Waals surface area contributed by atoms with Crippen molar-refractivity contribution in [2.24, 2.45) is 0 Å². The van der Waals surface area contributed by atoms with Gasteiger partial charge in [0, 0.05) is 24.2 Å². The number of hydrogen-bond acceptors (Lipinski definition) is 5. The first-order valence-corrected chi connectivity index (χ1v) is 9.77. The molecule has 1 saturated heterocycles. The lowest BCUT2D eigenvalue weighted by molar-refractivity contribution is 0.0563. The van der Waals surface area contributed by atoms with Crippen LogP contribution in [-0.4, -0.2) is 32.3 Å². The second kappa shape index (κ2) is 8.10. The average Bonchev–Trinajstić information content (AvgIpc) is 3.16. The van der Waals surface area contributed by atoms with Crippen molar-refractivity contribution in [3.63, 3.8) is 0 Å². The fourth-order valence-electron chi connectivity index (χ4n) is 3.56. The molecule has 3 aromatic rings. The topological polar surface area (TPSA) is 72.1 Å². The third kappa shape index (κ3) is 4.07. The number of aromatic nitrogens is 3. The van der Waals surface area contributed by atoms with Crippen LogP contribution in [0.5, 0.6) is 0 Å². The van der Waals surface area contributed by atoms with Gasteiger partial charge in [0.1, 0.15) is 23.3 Å². The van der Waals surface area contributed by atoms with Gasteiger partial charge in [-0.15, -0.1) is 0 Å². The monoisotopic (exact) mass is 396 g/mol. The number of aryl methyl sites for hydroxylation is 1. The molecule has 4 rings (SSSR count). The Balaban J connectivity index is 1.55. The number of nitrogens with zero attached hydrogens (tertiary/aromatic N) is 4. The van der Waals surface area contributed by atoms with Crippen molar-refractivity contribution in [2.75, 3.05) is 6.54 Å². The Hall–Kier alpha value is -2.73. The van der Waals surface area contributed by atoms with Gasteiger partial charge < -0.3 is 9.32 Å². The molecule has 1 fully saturated rings. The van der Waals surface area contributed by atoms with Crippen LogP contribution in [0.1, 0.15) is 58.8 Å². The van der Waals surface area contributed by atoms with Gasteiger partial charge in [0.2, 0.25) is 5.89 Å². The Morgan fingerprint density at radius 2 is 2.18 bits per heavy atom. The molecule has 0 radical (unpaired) electrons. The molecule has 7 heteroatoms. The van der Waals surface area contributed by atoms with Crippen molar-refractivity contribution in [3.05, 3.63) is 76.5 Å². The summed E-state index contributed by atoms with van der Waals surface area (Å²) >= 11 is 6.06. The number of oxazole rings is 1. The van der Waals surface area contributed by atoms with Crippen molar-refractivity contribution in [2.45, 2.75) is 38.6 Å². The fourth-order valence-corrected chi connectivity index (χ4v) is 3.77. The SMILES string of the molecule is Cc1nccc(C(=O)N2CCCCC2c2ncc(Cc3cccc(Cl)c3)o2)n1. The van der Waals surface area contributed by atoms with E-state index in [4.69, 9.17) is 16.0 Å². The molecule has 3 heterocycles. The Kier molecular flexibility index (Phi) is 5.39. The van der Waals surface area contributed by atoms with E-state index in [-0.39, 0.29) is 11.9 Å². The summed E-state index contributed by atoms with van der Waals surface area (Å²) in [6.45, 7) is 2.44. The average molecular weight is 397 g/mol. The smallest absolute Gasteiger partial charge is 0.273 e. The maximum Gasteiger partial charge on any atom is 0.273 e. The zero-order valence-electron chi connectivity index (χ0n) is 15.6. The van der Waals surface area contributed by atoms with E-state index in [1.165, 1.54) is 0 Å². The molecule has 2 aromatic heterocycles. The maximum atomic E-state index is 13.0. The Morgan fingerprint density at radius 1 is 1.29 bits per heavy atom. The molecular weight excluding hydrogens is 376 g/mol. The number of halogens is 1. The lowest BCUT2D eigenvalue weighted by Crippen LogP contribution is -2.39. The minimum atomic E-state index is -0.176. The third-order valence-corrected chi connectivity index (χ3v) is 5.12. The number of benzene rings is 1. The van der Waals surface area contributed by atoms with Gasteiger partial charge in [0.15, 0.2) is 0 Å². The molecule has 0 spiro atoms. The molecule has 1 aromatic carbocycles. The highest BCUT2D eigenvalue weighted by atomic mass is 35.5. The molecule has 0 saturated carbocycles. The number of likely N-dealkylation sites (tertiary alicyclic amines) is 1. The van der Waals surface area contributed by atoms with Gasteiger partial charge in [-0.25, -0.2) is 15.0 Å². The molecule has 0 aliphatic carbocycles. The molecule has 144 valence electrons. The number of carbonyl (C=O) groups excluding carboxylic acids is 1. The Bertz CT molecular complexity index is 988. The van der Waals surface area contributed by atoms with Gasteiger partial charge in [-0.2, -0.15) is 0 Å². The summed E-state index contributed by atoms with van der Waals surface area (Å²) in [6.07, 6.45) is 6.78. The third-order valence-electron chi connectivity index (χ3n) is 4.88. The second-order valence-corrected chi connectivity index (χ2v) is 7.41. The number of carbonyl (C=O) groups is 1. The van der Waals surface area contributed by atoms with E-state index < -0.39 is 0 Å². The fraction of sp³-hybridized carbons (Fsp3) is 0.333. The van der Waals surface area contributed by atoms with E-state index in [1.807, 2.05) is 29.2 Å². The van der Waals surface area contributed by atoms with Gasteiger partial charge in [-0.3, -0.25) is 4.79 Å². The van der Waals surface area contributed by atoms with Crippen molar-refractivity contribution in [3.8, 4) is 0 Å². The highest BCUT2D eigenvalue weighted by molar-refractivity contribution is 6.30. The molecular formula is C21H21ClN4O2. The highest BCUT2D eigenvalue weighted by Gasteiger charge is 2.32. The largest absolute Gasteiger partial charge is 0.443 e. The Morgan fingerprint density at radius 3 is 3.00 bits per heavy atom. The molecule has 1 atom stereocenters. The van der Waals surface area contributed by atoms with E-state index in [2.05, 4.69) is 15.0 Å². The summed E-state index contributed by atoms with van der Waals surface area (Å²) in [4.78, 5) is 27.7. The quantitative estimate of drug-likeness (QED) is 0.654. The molecule has 1 unspecified atom stereocenters. The predicted molar refractivity (Wildman–Crippen MR) is 105 cm³/mol. The van der Waals surface area contributed by atoms with Gasteiger partial charge in [-0.1, -0.05) is 23.7 Å². The first-order chi connectivity index (χ1) is 13.6. The lowest BCUT2D eigenvalue weighted by atomic mass is 10.0. The number of hydrogen-bond donors (Lipinski definition) is 0. The minimum absolute atomic E-state index is 0.107. The van der Waals surface area contributed by atoms with E-state index >= 15 is 0 Å². The van der Waals surface area contributed by atoms with Crippen molar-refractivity contribution in [1.82, 2.24) is 19.9 Å². The van der Waals surface area contributed by atoms with E-state index in [0.29, 0.717) is 35.4 Å². The summed E-state index contributed by atoms with van der Waals surface area (Å²) in [5.74, 6) is 1.81. The van der Waals surface area contributed by atoms with Crippen LogP contribution in [-0.2, 0) is 6.42 Å². The Labute approximate surface area is 168 Å². The van der Waals surface area contributed by atoms with E-state index in [0.717, 1.165) is 30.6 Å². The van der Waals surface area contributed by atoms with E-state index in [1.54, 1.807) is 25.4 Å². The van der Waals surface area contributed by atoms with Gasteiger partial charge >= 0.3 is 0 Å². The number of amides is 1. The zero-order chi connectivity index (χ0) is 19.5.